The van der Waals surface area contributed by atoms with Gasteiger partial charge in [-0.3, -0.25) is 14.4 Å². The number of imide groups is 1. The number of rotatable bonds is 7. The first-order valence-corrected chi connectivity index (χ1v) is 11.3. The Bertz CT molecular complexity index is 1240. The standard InChI is InChI=1S/C26H22N2O4S/c1-17(29)27-20-14-12-19(13-15-20)23-24(33-16-18-8-4-3-5-9-18)26(31)28(25(23)30)21-10-6-7-11-22(21)32-2/h3-15H,16H2,1-2H3,(H,27,29). The molecule has 1 aliphatic rings. The van der Waals surface area contributed by atoms with Crippen molar-refractivity contribution in [3.63, 3.8) is 0 Å². The monoisotopic (exact) mass is 458 g/mol. The minimum absolute atomic E-state index is 0.185. The van der Waals surface area contributed by atoms with Crippen LogP contribution in [0.15, 0.2) is 83.8 Å². The number of carbonyl (C=O) groups excluding carboxylic acids is 3. The summed E-state index contributed by atoms with van der Waals surface area (Å²) >= 11 is 1.34. The first-order chi connectivity index (χ1) is 16.0. The van der Waals surface area contributed by atoms with Gasteiger partial charge in [-0.1, -0.05) is 54.6 Å². The van der Waals surface area contributed by atoms with E-state index in [0.717, 1.165) is 5.56 Å². The lowest BCUT2D eigenvalue weighted by Crippen LogP contribution is -2.31. The summed E-state index contributed by atoms with van der Waals surface area (Å²) < 4.78 is 5.40. The van der Waals surface area contributed by atoms with Crippen molar-refractivity contribution in [2.75, 3.05) is 17.3 Å². The molecule has 1 aliphatic heterocycles. The van der Waals surface area contributed by atoms with Crippen LogP contribution in [0.25, 0.3) is 5.57 Å². The lowest BCUT2D eigenvalue weighted by atomic mass is 10.1. The summed E-state index contributed by atoms with van der Waals surface area (Å²) in [6.45, 7) is 1.43. The fraction of sp³-hybridized carbons (Fsp3) is 0.115. The van der Waals surface area contributed by atoms with E-state index in [4.69, 9.17) is 4.74 Å². The Balaban J connectivity index is 1.74. The Morgan fingerprint density at radius 1 is 0.909 bits per heavy atom. The predicted molar refractivity (Wildman–Crippen MR) is 131 cm³/mol. The van der Waals surface area contributed by atoms with Gasteiger partial charge in [0.15, 0.2) is 0 Å². The number of nitrogens with zero attached hydrogens (tertiary/aromatic N) is 1. The van der Waals surface area contributed by atoms with Gasteiger partial charge in [0, 0.05) is 18.4 Å². The highest BCUT2D eigenvalue weighted by atomic mass is 32.2. The zero-order chi connectivity index (χ0) is 23.4. The van der Waals surface area contributed by atoms with Crippen molar-refractivity contribution in [3.8, 4) is 5.75 Å². The summed E-state index contributed by atoms with van der Waals surface area (Å²) in [5.41, 5.74) is 3.00. The summed E-state index contributed by atoms with van der Waals surface area (Å²) in [7, 11) is 1.50. The fourth-order valence-corrected chi connectivity index (χ4v) is 4.65. The summed E-state index contributed by atoms with van der Waals surface area (Å²) in [6, 6.07) is 23.6. The van der Waals surface area contributed by atoms with Crippen LogP contribution in [0.2, 0.25) is 0 Å². The Labute approximate surface area is 196 Å². The topological polar surface area (TPSA) is 75.7 Å². The summed E-state index contributed by atoms with van der Waals surface area (Å²) in [4.78, 5) is 40.0. The Kier molecular flexibility index (Phi) is 6.60. The molecule has 33 heavy (non-hydrogen) atoms. The second-order valence-corrected chi connectivity index (χ2v) is 8.34. The third-order valence-corrected chi connectivity index (χ3v) is 6.23. The third-order valence-electron chi connectivity index (χ3n) is 5.09. The number of benzene rings is 3. The molecule has 0 aliphatic carbocycles. The van der Waals surface area contributed by atoms with E-state index < -0.39 is 5.91 Å². The number of methoxy groups -OCH3 is 1. The lowest BCUT2D eigenvalue weighted by molar-refractivity contribution is -0.120. The molecule has 3 aromatic carbocycles. The van der Waals surface area contributed by atoms with Gasteiger partial charge in [0.05, 0.1) is 23.3 Å². The highest BCUT2D eigenvalue weighted by molar-refractivity contribution is 8.03. The minimum Gasteiger partial charge on any atom is -0.495 e. The molecule has 4 rings (SSSR count). The molecule has 0 saturated carbocycles. The Hall–Kier alpha value is -3.84. The molecule has 166 valence electrons. The molecule has 0 unspecified atom stereocenters. The first-order valence-electron chi connectivity index (χ1n) is 10.3. The number of amides is 3. The van der Waals surface area contributed by atoms with Crippen LogP contribution in [0.3, 0.4) is 0 Å². The molecule has 0 atom stereocenters. The molecule has 0 saturated heterocycles. The van der Waals surface area contributed by atoms with E-state index >= 15 is 0 Å². The average molecular weight is 459 g/mol. The van der Waals surface area contributed by atoms with Gasteiger partial charge >= 0.3 is 0 Å². The quantitative estimate of drug-likeness (QED) is 0.511. The molecule has 7 heteroatoms. The molecular formula is C26H22N2O4S. The van der Waals surface area contributed by atoms with Gasteiger partial charge in [0.25, 0.3) is 11.8 Å². The number of hydrogen-bond acceptors (Lipinski definition) is 5. The van der Waals surface area contributed by atoms with E-state index in [1.807, 2.05) is 30.3 Å². The second-order valence-electron chi connectivity index (χ2n) is 7.35. The molecular weight excluding hydrogens is 436 g/mol. The van der Waals surface area contributed by atoms with Crippen LogP contribution in [0, 0.1) is 0 Å². The Morgan fingerprint density at radius 3 is 2.24 bits per heavy atom. The van der Waals surface area contributed by atoms with Crippen LogP contribution in [-0.2, 0) is 20.1 Å². The molecule has 0 radical (unpaired) electrons. The maximum absolute atomic E-state index is 13.6. The summed E-state index contributed by atoms with van der Waals surface area (Å²) in [5.74, 6) is 0.00530. The van der Waals surface area contributed by atoms with Crippen molar-refractivity contribution in [1.29, 1.82) is 0 Å². The first kappa shape index (κ1) is 22.4. The van der Waals surface area contributed by atoms with Crippen molar-refractivity contribution >= 4 is 46.4 Å². The Morgan fingerprint density at radius 2 is 1.58 bits per heavy atom. The lowest BCUT2D eigenvalue weighted by Gasteiger charge is -2.18. The molecule has 0 aromatic heterocycles. The molecule has 1 heterocycles. The summed E-state index contributed by atoms with van der Waals surface area (Å²) in [5, 5.41) is 2.71. The zero-order valence-electron chi connectivity index (χ0n) is 18.2. The van der Waals surface area contributed by atoms with E-state index in [2.05, 4.69) is 5.32 Å². The van der Waals surface area contributed by atoms with Crippen LogP contribution in [0.5, 0.6) is 5.75 Å². The van der Waals surface area contributed by atoms with Crippen LogP contribution < -0.4 is 15.0 Å². The van der Waals surface area contributed by atoms with Crippen molar-refractivity contribution in [2.24, 2.45) is 0 Å². The van der Waals surface area contributed by atoms with Gasteiger partial charge in [-0.05, 0) is 35.4 Å². The van der Waals surface area contributed by atoms with Crippen molar-refractivity contribution in [2.45, 2.75) is 12.7 Å². The highest BCUT2D eigenvalue weighted by Gasteiger charge is 2.41. The van der Waals surface area contributed by atoms with Crippen LogP contribution >= 0.6 is 11.8 Å². The minimum atomic E-state index is -0.410. The fourth-order valence-electron chi connectivity index (χ4n) is 3.58. The molecule has 0 bridgehead atoms. The van der Waals surface area contributed by atoms with Gasteiger partial charge in [-0.2, -0.15) is 0 Å². The smallest absolute Gasteiger partial charge is 0.272 e. The normalized spacial score (nSPS) is 13.5. The van der Waals surface area contributed by atoms with Gasteiger partial charge in [0.1, 0.15) is 5.75 Å². The molecule has 3 amide bonds. The number of ether oxygens (including phenoxy) is 1. The van der Waals surface area contributed by atoms with Crippen LogP contribution in [-0.4, -0.2) is 24.8 Å². The number of nitrogens with one attached hydrogen (secondary N) is 1. The molecule has 6 nitrogen and oxygen atoms in total. The number of thioether (sulfide) groups is 1. The van der Waals surface area contributed by atoms with Gasteiger partial charge < -0.3 is 10.1 Å². The third kappa shape index (κ3) is 4.68. The van der Waals surface area contributed by atoms with Gasteiger partial charge in [0.2, 0.25) is 5.91 Å². The van der Waals surface area contributed by atoms with Crippen LogP contribution in [0.4, 0.5) is 11.4 Å². The van der Waals surface area contributed by atoms with Crippen LogP contribution in [0.1, 0.15) is 18.1 Å². The molecule has 3 aromatic rings. The molecule has 1 N–H and O–H groups in total. The van der Waals surface area contributed by atoms with Crippen molar-refractivity contribution in [1.82, 2.24) is 0 Å². The van der Waals surface area contributed by atoms with E-state index in [-0.39, 0.29) is 11.8 Å². The maximum atomic E-state index is 13.6. The maximum Gasteiger partial charge on any atom is 0.272 e. The highest BCUT2D eigenvalue weighted by Crippen LogP contribution is 2.42. The second kappa shape index (κ2) is 9.75. The molecule has 0 spiro atoms. The van der Waals surface area contributed by atoms with E-state index in [9.17, 15) is 14.4 Å². The van der Waals surface area contributed by atoms with Crippen molar-refractivity contribution < 1.29 is 19.1 Å². The van der Waals surface area contributed by atoms with Crippen molar-refractivity contribution in [3.05, 3.63) is 94.9 Å². The number of anilines is 2. The largest absolute Gasteiger partial charge is 0.495 e. The summed E-state index contributed by atoms with van der Waals surface area (Å²) in [6.07, 6.45) is 0. The average Bonchev–Trinajstić information content (AvgIpc) is 3.07. The van der Waals surface area contributed by atoms with E-state index in [1.54, 1.807) is 48.5 Å². The van der Waals surface area contributed by atoms with E-state index in [0.29, 0.717) is 38.9 Å². The number of carbonyl (C=O) groups is 3. The van der Waals surface area contributed by atoms with E-state index in [1.165, 1.54) is 30.7 Å². The SMILES string of the molecule is COc1ccccc1N1C(=O)C(SCc2ccccc2)=C(c2ccc(NC(C)=O)cc2)C1=O. The van der Waals surface area contributed by atoms with Gasteiger partial charge in [-0.25, -0.2) is 4.90 Å². The number of para-hydroxylation sites is 2. The van der Waals surface area contributed by atoms with Gasteiger partial charge in [-0.15, -0.1) is 11.8 Å². The zero-order valence-corrected chi connectivity index (χ0v) is 19.0. The number of hydrogen-bond donors (Lipinski definition) is 1. The molecule has 0 fully saturated rings. The predicted octanol–water partition coefficient (Wildman–Crippen LogP) is 4.87.